The zero-order valence-corrected chi connectivity index (χ0v) is 17.5. The maximum Gasteiger partial charge on any atom is -0.412 e. The van der Waals surface area contributed by atoms with Crippen LogP contribution in [0.1, 0.15) is 20.8 Å². The van der Waals surface area contributed by atoms with E-state index in [1.807, 2.05) is 26.0 Å². The quantitative estimate of drug-likeness (QED) is 0.490. The second kappa shape index (κ2) is 7.09. The van der Waals surface area contributed by atoms with Gasteiger partial charge in [0.25, 0.3) is 0 Å². The molecule has 136 valence electrons. The van der Waals surface area contributed by atoms with Gasteiger partial charge in [-0.1, -0.05) is 0 Å². The number of hydrogen-bond acceptors (Lipinski definition) is 6. The van der Waals surface area contributed by atoms with E-state index in [-0.39, 0.29) is 21.8 Å². The van der Waals surface area contributed by atoms with Crippen LogP contribution in [0.3, 0.4) is 0 Å². The summed E-state index contributed by atoms with van der Waals surface area (Å²) in [6, 6.07) is 3.67. The molecule has 0 spiro atoms. The second-order valence-electron chi connectivity index (χ2n) is 6.10. The largest absolute Gasteiger partial charge is 0.412 e. The van der Waals surface area contributed by atoms with E-state index in [2.05, 4.69) is 15.0 Å². The van der Waals surface area contributed by atoms with Crippen molar-refractivity contribution in [3.63, 3.8) is 0 Å². The van der Waals surface area contributed by atoms with Gasteiger partial charge in [-0.3, -0.25) is 0 Å². The Kier molecular flexibility index (Phi) is 5.65. The molecular weight excluding hydrogens is 407 g/mol. The molecule has 0 radical (unpaired) electrons. The third kappa shape index (κ3) is 3.61. The van der Waals surface area contributed by atoms with Gasteiger partial charge in [0.1, 0.15) is 0 Å². The summed E-state index contributed by atoms with van der Waals surface area (Å²) in [5.74, 6) is 0.0837. The number of nitrogens with zero attached hydrogens (tertiary/aromatic N) is 4. The van der Waals surface area contributed by atoms with Crippen LogP contribution in [0.15, 0.2) is 23.3 Å². The van der Waals surface area contributed by atoms with Gasteiger partial charge in [-0.2, -0.15) is 0 Å². The molecule has 0 fully saturated rings. The van der Waals surface area contributed by atoms with Crippen molar-refractivity contribution in [3.05, 3.63) is 18.3 Å². The Hall–Kier alpha value is -1.38. The first kappa shape index (κ1) is 19.9. The predicted molar refractivity (Wildman–Crippen MR) is 102 cm³/mol. The van der Waals surface area contributed by atoms with E-state index in [4.69, 9.17) is 4.28 Å². The van der Waals surface area contributed by atoms with E-state index in [0.29, 0.717) is 29.0 Å². The fraction of sp³-hybridized carbons (Fsp3) is 0.400. The molecule has 1 aliphatic rings. The van der Waals surface area contributed by atoms with Crippen LogP contribution in [0.4, 0.5) is 11.4 Å². The Morgan fingerprint density at radius 2 is 2.08 bits per heavy atom. The molecule has 0 bridgehead atoms. The summed E-state index contributed by atoms with van der Waals surface area (Å²) in [4.78, 5) is 13.4. The third-order valence-corrected chi connectivity index (χ3v) is 5.75. The maximum atomic E-state index is 12.2. The Balaban J connectivity index is 0.00000225. The standard InChI is InChI=1S/C15H20AsN4O3S.H2O/c1-4-24(21,22)23-20(8-10(2)3)9-18-13-14(20)12-11(19-15(13)16)6-5-7-17-12;/h5-7,9-10H,4,8,16H2,1-3H3;1H2/q+1;. The normalized spacial score (nSPS) is 19.2. The van der Waals surface area contributed by atoms with Crippen molar-refractivity contribution in [3.8, 4) is 0 Å². The van der Waals surface area contributed by atoms with Crippen molar-refractivity contribution in [2.45, 2.75) is 20.8 Å². The second-order valence-corrected chi connectivity index (χ2v) is 9.09. The van der Waals surface area contributed by atoms with Gasteiger partial charge in [0, 0.05) is 0 Å². The van der Waals surface area contributed by atoms with Crippen molar-refractivity contribution in [2.24, 2.45) is 10.9 Å². The van der Waals surface area contributed by atoms with Gasteiger partial charge in [-0.25, -0.2) is 0 Å². The molecule has 1 aliphatic heterocycles. The number of hydrogen-bond donors (Lipinski definition) is 0. The van der Waals surface area contributed by atoms with Crippen LogP contribution in [0.25, 0.3) is 11.0 Å². The summed E-state index contributed by atoms with van der Waals surface area (Å²) in [7, 11) is -3.69. The van der Waals surface area contributed by atoms with E-state index in [0.717, 1.165) is 4.48 Å². The summed E-state index contributed by atoms with van der Waals surface area (Å²) in [6.45, 7) is 6.03. The van der Waals surface area contributed by atoms with E-state index in [1.165, 1.54) is 16.9 Å². The molecule has 0 aromatic carbocycles. The van der Waals surface area contributed by atoms with E-state index in [1.54, 1.807) is 19.5 Å². The number of pyridine rings is 2. The van der Waals surface area contributed by atoms with Crippen LogP contribution in [0.2, 0.25) is 0 Å². The average molecular weight is 429 g/mol. The van der Waals surface area contributed by atoms with Crippen LogP contribution < -0.4 is 9.13 Å². The number of aliphatic imine (C=N–C) groups is 1. The van der Waals surface area contributed by atoms with Gasteiger partial charge in [-0.05, 0) is 0 Å². The van der Waals surface area contributed by atoms with E-state index < -0.39 is 10.1 Å². The molecule has 0 saturated carbocycles. The monoisotopic (exact) mass is 429 g/mol. The molecule has 2 aromatic rings. The first-order valence-electron chi connectivity index (χ1n) is 7.69. The molecule has 10 heteroatoms. The van der Waals surface area contributed by atoms with Gasteiger partial charge in [0.15, 0.2) is 0 Å². The molecular formula is C15H22AsN4O4S+. The minimum Gasteiger partial charge on any atom is -0.412 e. The van der Waals surface area contributed by atoms with Crippen LogP contribution >= 0.6 is 0 Å². The van der Waals surface area contributed by atoms with Crippen molar-refractivity contribution < 1.29 is 18.2 Å². The molecule has 2 unspecified atom stereocenters. The van der Waals surface area contributed by atoms with Gasteiger partial charge < -0.3 is 5.48 Å². The number of fused-ring (bicyclic) bond motifs is 3. The van der Waals surface area contributed by atoms with Crippen molar-refractivity contribution in [2.75, 3.05) is 12.3 Å². The minimum atomic E-state index is -3.69. The van der Waals surface area contributed by atoms with Crippen molar-refractivity contribution >= 4 is 60.2 Å². The zero-order chi connectivity index (χ0) is 17.5. The van der Waals surface area contributed by atoms with Gasteiger partial charge >= 0.3 is 150 Å². The Labute approximate surface area is 155 Å². The number of rotatable bonds is 5. The topological polar surface area (TPSA) is 113 Å². The molecule has 2 atom stereocenters. The zero-order valence-electron chi connectivity index (χ0n) is 14.3. The third-order valence-electron chi connectivity index (χ3n) is 3.71. The Morgan fingerprint density at radius 3 is 2.72 bits per heavy atom. The molecule has 3 heterocycles. The number of quaternary nitrogens is 1. The van der Waals surface area contributed by atoms with Crippen molar-refractivity contribution in [1.29, 1.82) is 0 Å². The summed E-state index contributed by atoms with van der Waals surface area (Å²) < 4.78 is 30.6. The number of aromatic nitrogens is 2. The fourth-order valence-electron chi connectivity index (χ4n) is 2.80. The van der Waals surface area contributed by atoms with E-state index >= 15 is 0 Å². The SMILES string of the molecule is CCS(=O)(=O)O[N+]1(CC(C)C)C=Nc2c([AsH2])nc3cccnc3c21.O. The van der Waals surface area contributed by atoms with Crippen LogP contribution in [-0.4, -0.2) is 59.4 Å². The van der Waals surface area contributed by atoms with Crippen LogP contribution in [0.5, 0.6) is 0 Å². The molecule has 0 saturated heterocycles. The van der Waals surface area contributed by atoms with Crippen LogP contribution in [0, 0.1) is 5.92 Å². The predicted octanol–water partition coefficient (Wildman–Crippen LogP) is -0.0185. The molecule has 25 heavy (non-hydrogen) atoms. The summed E-state index contributed by atoms with van der Waals surface area (Å²) >= 11 is 1.33. The number of hydroxylamine groups is 2. The molecule has 2 aromatic heterocycles. The first-order valence-corrected chi connectivity index (χ1v) is 10.5. The molecule has 8 nitrogen and oxygen atoms in total. The smallest absolute Gasteiger partial charge is 0.412 e. The summed E-state index contributed by atoms with van der Waals surface area (Å²) in [5, 5.41) is 0. The maximum absolute atomic E-state index is 12.2. The Bertz CT molecular complexity index is 933. The molecule has 0 aliphatic carbocycles. The van der Waals surface area contributed by atoms with Gasteiger partial charge in [0.2, 0.25) is 0 Å². The first-order chi connectivity index (χ1) is 11.3. The summed E-state index contributed by atoms with van der Waals surface area (Å²) in [5.41, 5.74) is 2.65. The van der Waals surface area contributed by atoms with Gasteiger partial charge in [-0.15, -0.1) is 0 Å². The average Bonchev–Trinajstić information content (AvgIpc) is 2.86. The molecule has 3 rings (SSSR count). The molecule has 0 amide bonds. The Morgan fingerprint density at radius 1 is 1.36 bits per heavy atom. The van der Waals surface area contributed by atoms with E-state index in [9.17, 15) is 8.42 Å². The summed E-state index contributed by atoms with van der Waals surface area (Å²) in [6.07, 6.45) is 3.22. The van der Waals surface area contributed by atoms with Gasteiger partial charge in [0.05, 0.1) is 0 Å². The van der Waals surface area contributed by atoms with Crippen molar-refractivity contribution in [1.82, 2.24) is 14.6 Å². The fourth-order valence-corrected chi connectivity index (χ4v) is 4.22. The molecule has 2 N–H and O–H groups in total. The minimum absolute atomic E-state index is 0. The van der Waals surface area contributed by atoms with Crippen LogP contribution in [-0.2, 0) is 14.4 Å².